The first-order chi connectivity index (χ1) is 9.65. The molecule has 1 amide bonds. The lowest BCUT2D eigenvalue weighted by atomic mass is 9.97. The first kappa shape index (κ1) is 15.4. The number of nitrogens with one attached hydrogen (secondary N) is 2. The van der Waals surface area contributed by atoms with E-state index in [2.05, 4.69) is 15.7 Å². The van der Waals surface area contributed by atoms with Crippen LogP contribution in [0.2, 0.25) is 0 Å². The Kier molecular flexibility index (Phi) is 4.53. The van der Waals surface area contributed by atoms with Crippen molar-refractivity contribution in [3.63, 3.8) is 0 Å². The number of anilines is 2. The third-order valence-electron chi connectivity index (χ3n) is 3.70. The van der Waals surface area contributed by atoms with Crippen LogP contribution in [0.4, 0.5) is 11.5 Å². The quantitative estimate of drug-likeness (QED) is 0.897. The summed E-state index contributed by atoms with van der Waals surface area (Å²) in [4.78, 5) is 12.4. The molecule has 5 nitrogen and oxygen atoms in total. The second-order valence-corrected chi connectivity index (χ2v) is 5.11. The van der Waals surface area contributed by atoms with Gasteiger partial charge < -0.3 is 10.6 Å². The minimum atomic E-state index is -0.0938. The van der Waals surface area contributed by atoms with Gasteiger partial charge in [-0.05, 0) is 37.5 Å². The molecule has 0 spiro atoms. The molecule has 0 aliphatic carbocycles. The number of hydrogen-bond donors (Lipinski definition) is 2. The van der Waals surface area contributed by atoms with Gasteiger partial charge in [-0.15, -0.1) is 12.4 Å². The normalized spacial score (nSPS) is 12.9. The van der Waals surface area contributed by atoms with Crippen molar-refractivity contribution in [2.24, 2.45) is 7.05 Å². The first-order valence-corrected chi connectivity index (χ1v) is 6.83. The highest BCUT2D eigenvalue weighted by Crippen LogP contribution is 2.25. The van der Waals surface area contributed by atoms with E-state index in [1.165, 1.54) is 0 Å². The fourth-order valence-corrected chi connectivity index (χ4v) is 2.53. The van der Waals surface area contributed by atoms with Crippen LogP contribution in [-0.4, -0.2) is 22.2 Å². The molecule has 0 bridgehead atoms. The van der Waals surface area contributed by atoms with E-state index < -0.39 is 0 Å². The number of aromatic nitrogens is 2. The standard InChI is InChI=1S/C15H18N4O.ClH/c1-10-9-14(18-19(10)2)17-15(20)12-5-3-7-13-11(12)6-4-8-16-13;/h3,5,7,9,16H,4,6,8H2,1-2H3,(H,17,18,20);1H. The summed E-state index contributed by atoms with van der Waals surface area (Å²) in [5.74, 6) is 0.500. The van der Waals surface area contributed by atoms with Gasteiger partial charge in [0.25, 0.3) is 5.91 Å². The molecule has 2 aromatic rings. The fraction of sp³-hybridized carbons (Fsp3) is 0.333. The number of benzene rings is 1. The van der Waals surface area contributed by atoms with Crippen LogP contribution in [0.25, 0.3) is 0 Å². The van der Waals surface area contributed by atoms with Crippen molar-refractivity contribution < 1.29 is 4.79 Å². The van der Waals surface area contributed by atoms with E-state index in [9.17, 15) is 4.79 Å². The lowest BCUT2D eigenvalue weighted by Gasteiger charge is -2.20. The maximum Gasteiger partial charge on any atom is 0.257 e. The van der Waals surface area contributed by atoms with E-state index in [4.69, 9.17) is 0 Å². The van der Waals surface area contributed by atoms with Crippen LogP contribution in [0.1, 0.15) is 28.0 Å². The highest BCUT2D eigenvalue weighted by atomic mass is 35.5. The number of hydrogen-bond acceptors (Lipinski definition) is 3. The molecule has 1 aliphatic rings. The third kappa shape index (κ3) is 3.03. The summed E-state index contributed by atoms with van der Waals surface area (Å²) in [6.07, 6.45) is 1.99. The molecule has 1 aliphatic heterocycles. The molecule has 112 valence electrons. The highest BCUT2D eigenvalue weighted by molar-refractivity contribution is 6.05. The van der Waals surface area contributed by atoms with E-state index in [1.807, 2.05) is 38.2 Å². The molecule has 6 heteroatoms. The number of nitrogens with zero attached hydrogens (tertiary/aromatic N) is 2. The molecule has 0 fully saturated rings. The topological polar surface area (TPSA) is 59.0 Å². The number of carbonyl (C=O) groups excluding carboxylic acids is 1. The Labute approximate surface area is 130 Å². The SMILES string of the molecule is Cc1cc(NC(=O)c2cccc3c2CCCN3)nn1C.Cl. The number of carbonyl (C=O) groups is 1. The average molecular weight is 307 g/mol. The molecule has 1 aromatic carbocycles. The van der Waals surface area contributed by atoms with Gasteiger partial charge in [0.1, 0.15) is 0 Å². The minimum Gasteiger partial charge on any atom is -0.385 e. The summed E-state index contributed by atoms with van der Waals surface area (Å²) in [5, 5.41) is 10.5. The highest BCUT2D eigenvalue weighted by Gasteiger charge is 2.18. The van der Waals surface area contributed by atoms with Crippen LogP contribution >= 0.6 is 12.4 Å². The van der Waals surface area contributed by atoms with E-state index >= 15 is 0 Å². The Morgan fingerprint density at radius 2 is 2.24 bits per heavy atom. The van der Waals surface area contributed by atoms with Crippen molar-refractivity contribution in [3.05, 3.63) is 41.1 Å². The van der Waals surface area contributed by atoms with Gasteiger partial charge in [0, 0.05) is 36.6 Å². The van der Waals surface area contributed by atoms with E-state index in [0.717, 1.165) is 41.9 Å². The van der Waals surface area contributed by atoms with Crippen LogP contribution in [0.3, 0.4) is 0 Å². The molecule has 0 unspecified atom stereocenters. The van der Waals surface area contributed by atoms with Crippen molar-refractivity contribution in [1.29, 1.82) is 0 Å². The Bertz CT molecular complexity index is 646. The Balaban J connectivity index is 0.00000161. The van der Waals surface area contributed by atoms with Gasteiger partial charge in [0.15, 0.2) is 5.82 Å². The summed E-state index contributed by atoms with van der Waals surface area (Å²) in [6, 6.07) is 7.68. The maximum absolute atomic E-state index is 12.4. The summed E-state index contributed by atoms with van der Waals surface area (Å²) >= 11 is 0. The minimum absolute atomic E-state index is 0. The Morgan fingerprint density at radius 3 is 2.95 bits per heavy atom. The van der Waals surface area contributed by atoms with E-state index in [1.54, 1.807) is 4.68 Å². The number of fused-ring (bicyclic) bond motifs is 1. The molecule has 2 N–H and O–H groups in total. The van der Waals surface area contributed by atoms with Crippen molar-refractivity contribution in [2.45, 2.75) is 19.8 Å². The van der Waals surface area contributed by atoms with Crippen LogP contribution in [0.15, 0.2) is 24.3 Å². The monoisotopic (exact) mass is 306 g/mol. The molecule has 0 saturated carbocycles. The van der Waals surface area contributed by atoms with Gasteiger partial charge in [-0.25, -0.2) is 0 Å². The first-order valence-electron chi connectivity index (χ1n) is 6.83. The zero-order valence-electron chi connectivity index (χ0n) is 12.1. The predicted molar refractivity (Wildman–Crippen MR) is 86.4 cm³/mol. The van der Waals surface area contributed by atoms with Crippen LogP contribution < -0.4 is 10.6 Å². The maximum atomic E-state index is 12.4. The molecular weight excluding hydrogens is 288 g/mol. The van der Waals surface area contributed by atoms with Gasteiger partial charge >= 0.3 is 0 Å². The summed E-state index contributed by atoms with van der Waals surface area (Å²) in [5.41, 5.74) is 3.92. The van der Waals surface area contributed by atoms with Gasteiger partial charge in [-0.1, -0.05) is 6.07 Å². The predicted octanol–water partition coefficient (Wildman–Crippen LogP) is 2.76. The molecular formula is C15H19ClN4O. The second-order valence-electron chi connectivity index (χ2n) is 5.11. The van der Waals surface area contributed by atoms with Crippen molar-refractivity contribution in [2.75, 3.05) is 17.2 Å². The largest absolute Gasteiger partial charge is 0.385 e. The number of amides is 1. The summed E-state index contributed by atoms with van der Waals surface area (Å²) in [7, 11) is 1.86. The Morgan fingerprint density at radius 1 is 1.43 bits per heavy atom. The molecule has 3 rings (SSSR count). The van der Waals surface area contributed by atoms with E-state index in [0.29, 0.717) is 5.82 Å². The van der Waals surface area contributed by atoms with Crippen molar-refractivity contribution in [3.8, 4) is 0 Å². The van der Waals surface area contributed by atoms with Gasteiger partial charge in [0.2, 0.25) is 0 Å². The molecule has 0 radical (unpaired) electrons. The average Bonchev–Trinajstić information content (AvgIpc) is 2.76. The molecule has 0 saturated heterocycles. The lowest BCUT2D eigenvalue weighted by Crippen LogP contribution is -2.19. The molecule has 21 heavy (non-hydrogen) atoms. The summed E-state index contributed by atoms with van der Waals surface area (Å²) < 4.78 is 1.75. The third-order valence-corrected chi connectivity index (χ3v) is 3.70. The second kappa shape index (κ2) is 6.18. The number of rotatable bonds is 2. The van der Waals surface area contributed by atoms with Crippen LogP contribution in [0, 0.1) is 6.92 Å². The molecule has 0 atom stereocenters. The molecule has 2 heterocycles. The summed E-state index contributed by atoms with van der Waals surface area (Å²) in [6.45, 7) is 2.93. The van der Waals surface area contributed by atoms with Gasteiger partial charge in [0.05, 0.1) is 0 Å². The van der Waals surface area contributed by atoms with E-state index in [-0.39, 0.29) is 18.3 Å². The lowest BCUT2D eigenvalue weighted by molar-refractivity contribution is 0.102. The number of halogens is 1. The zero-order chi connectivity index (χ0) is 14.1. The number of aryl methyl sites for hydroxylation is 2. The fourth-order valence-electron chi connectivity index (χ4n) is 2.53. The van der Waals surface area contributed by atoms with Crippen LogP contribution in [-0.2, 0) is 13.5 Å². The molecule has 1 aromatic heterocycles. The smallest absolute Gasteiger partial charge is 0.257 e. The van der Waals surface area contributed by atoms with Crippen LogP contribution in [0.5, 0.6) is 0 Å². The van der Waals surface area contributed by atoms with Crippen molar-refractivity contribution >= 4 is 29.8 Å². The zero-order valence-corrected chi connectivity index (χ0v) is 13.0. The van der Waals surface area contributed by atoms with Gasteiger partial charge in [-0.3, -0.25) is 9.48 Å². The van der Waals surface area contributed by atoms with Gasteiger partial charge in [-0.2, -0.15) is 5.10 Å². The van der Waals surface area contributed by atoms with Crippen molar-refractivity contribution in [1.82, 2.24) is 9.78 Å². The Hall–Kier alpha value is -2.01.